The number of rotatable bonds is 12. The van der Waals surface area contributed by atoms with Gasteiger partial charge in [0.1, 0.15) is 18.6 Å². The highest BCUT2D eigenvalue weighted by Crippen LogP contribution is 2.44. The van der Waals surface area contributed by atoms with E-state index in [4.69, 9.17) is 9.59 Å². The lowest BCUT2D eigenvalue weighted by Gasteiger charge is -2.26. The molecular formula is C55H82N8O5S2. The van der Waals surface area contributed by atoms with Crippen LogP contribution in [0.15, 0.2) is 102 Å². The lowest BCUT2D eigenvalue weighted by Crippen LogP contribution is -2.40. The van der Waals surface area contributed by atoms with Crippen molar-refractivity contribution in [3.8, 4) is 33.5 Å². The average molecular weight is 999 g/mol. The molecule has 1 amide bonds. The number of aromatic amines is 2. The van der Waals surface area contributed by atoms with E-state index in [1.165, 1.54) is 78.0 Å². The third-order valence-electron chi connectivity index (χ3n) is 9.59. The zero-order valence-corrected chi connectivity index (χ0v) is 45.8. The Morgan fingerprint density at radius 2 is 1.37 bits per heavy atom. The zero-order valence-electron chi connectivity index (χ0n) is 44.1. The summed E-state index contributed by atoms with van der Waals surface area (Å²) in [5.41, 5.74) is 10.3. The van der Waals surface area contributed by atoms with Crippen molar-refractivity contribution in [3.05, 3.63) is 108 Å². The Kier molecular flexibility index (Phi) is 37.6. The SMILES string of the molecule is CC.CC.CC=O.CCC.CCCN(CC)C(=O)C(NC)c1ccccc1.CN1CCCC1.CNCC=O.COC=O.c1ncc(-c2ccc(-c3csc4c(-c5ccc6nc[nH]c6c5)csc34)cc2)[nH]1. The van der Waals surface area contributed by atoms with Crippen molar-refractivity contribution in [2.75, 3.05) is 61.0 Å². The normalized spacial score (nSPS) is 11.2. The molecule has 13 nitrogen and oxygen atoms in total. The number of likely N-dealkylation sites (tertiary alicyclic amines) is 1. The topological polar surface area (TPSA) is 165 Å². The summed E-state index contributed by atoms with van der Waals surface area (Å²) in [6, 6.07) is 24.7. The number of nitrogens with zero attached hydrogens (tertiary/aromatic N) is 4. The van der Waals surface area contributed by atoms with E-state index in [0.717, 1.165) is 59.9 Å². The maximum absolute atomic E-state index is 12.4. The molecule has 1 fully saturated rings. The second kappa shape index (κ2) is 41.0. The largest absolute Gasteiger partial charge is 0.471 e. The van der Waals surface area contributed by atoms with Gasteiger partial charge in [-0.3, -0.25) is 9.59 Å². The molecule has 1 aliphatic rings. The molecule has 0 aliphatic carbocycles. The Balaban J connectivity index is 0.000000963. The highest BCUT2D eigenvalue weighted by Gasteiger charge is 2.22. The molecule has 384 valence electrons. The van der Waals surface area contributed by atoms with Crippen molar-refractivity contribution < 1.29 is 23.9 Å². The summed E-state index contributed by atoms with van der Waals surface area (Å²) in [4.78, 5) is 58.5. The molecule has 1 aliphatic heterocycles. The van der Waals surface area contributed by atoms with Gasteiger partial charge in [-0.25, -0.2) is 9.97 Å². The van der Waals surface area contributed by atoms with Crippen LogP contribution in [0.1, 0.15) is 99.6 Å². The summed E-state index contributed by atoms with van der Waals surface area (Å²) < 4.78 is 6.55. The predicted molar refractivity (Wildman–Crippen MR) is 299 cm³/mol. The first kappa shape index (κ1) is 64.2. The number of aromatic nitrogens is 4. The number of H-pyrrole nitrogens is 2. The van der Waals surface area contributed by atoms with Gasteiger partial charge in [-0.05, 0) is 102 Å². The fourth-order valence-electron chi connectivity index (χ4n) is 6.48. The number of carbonyl (C=O) groups excluding carboxylic acids is 4. The second-order valence-electron chi connectivity index (χ2n) is 14.7. The van der Waals surface area contributed by atoms with Crippen LogP contribution in [0.3, 0.4) is 0 Å². The van der Waals surface area contributed by atoms with Crippen LogP contribution < -0.4 is 10.6 Å². The number of amides is 1. The molecule has 0 saturated carbocycles. The van der Waals surface area contributed by atoms with Crippen LogP contribution in [0.4, 0.5) is 0 Å². The molecule has 3 aromatic carbocycles. The first-order valence-corrected chi connectivity index (χ1v) is 26.1. The van der Waals surface area contributed by atoms with Crippen LogP contribution in [0, 0.1) is 0 Å². The summed E-state index contributed by atoms with van der Waals surface area (Å²) in [7, 11) is 7.05. The minimum absolute atomic E-state index is 0.156. The Hall–Kier alpha value is -5.84. The molecule has 0 radical (unpaired) electrons. The Morgan fingerprint density at radius 1 is 0.829 bits per heavy atom. The predicted octanol–water partition coefficient (Wildman–Crippen LogP) is 12.3. The van der Waals surface area contributed by atoms with Gasteiger partial charge in [0.15, 0.2) is 0 Å². The molecule has 7 aromatic rings. The fourth-order valence-corrected chi connectivity index (χ4v) is 8.94. The van der Waals surface area contributed by atoms with Gasteiger partial charge in [0.25, 0.3) is 6.47 Å². The zero-order chi connectivity index (χ0) is 52.5. The molecular weight excluding hydrogens is 917 g/mol. The van der Waals surface area contributed by atoms with E-state index < -0.39 is 0 Å². The Labute approximate surface area is 426 Å². The van der Waals surface area contributed by atoms with E-state index in [2.05, 4.69) is 121 Å². The first-order chi connectivity index (χ1) is 34.2. The molecule has 4 aromatic heterocycles. The molecule has 1 saturated heterocycles. The third kappa shape index (κ3) is 22.7. The van der Waals surface area contributed by atoms with Gasteiger partial charge in [-0.1, -0.05) is 116 Å². The Bertz CT molecular complexity index is 2340. The number of benzene rings is 3. The molecule has 1 unspecified atom stereocenters. The first-order valence-electron chi connectivity index (χ1n) is 24.3. The summed E-state index contributed by atoms with van der Waals surface area (Å²) in [6.07, 6.45) is 11.9. The minimum Gasteiger partial charge on any atom is -0.471 e. The molecule has 5 heterocycles. The van der Waals surface area contributed by atoms with Crippen LogP contribution in [0.2, 0.25) is 0 Å². The summed E-state index contributed by atoms with van der Waals surface area (Å²) >= 11 is 3.63. The maximum atomic E-state index is 12.4. The average Bonchev–Trinajstić information content (AvgIpc) is 4.28. The lowest BCUT2D eigenvalue weighted by atomic mass is 10.0. The van der Waals surface area contributed by atoms with Crippen LogP contribution in [0.5, 0.6) is 0 Å². The number of thiophene rings is 2. The van der Waals surface area contributed by atoms with E-state index in [-0.39, 0.29) is 11.9 Å². The van der Waals surface area contributed by atoms with E-state index in [1.807, 2.05) is 106 Å². The molecule has 4 N–H and O–H groups in total. The standard InChI is InChI=1S/C22H14N4S2.C14H22N2O.C5H11N.C3H7NO.C3H8.C2H4O2.C2H4O.2C2H6/c1-3-14(20-8-23-11-24-20)4-2-13(1)16-9-27-22-17(10-28-21(16)22)15-5-6-18-19(7-15)26-12-25-18;1-4-11-16(5-2)14(17)13(15-3)12-9-7-6-8-10-12;1-6-4-2-3-5-6;1-4-2-3-5;1-3-2;1-4-2-3;1-2-3;2*1-2/h1-12H,(H,23,24)(H,25,26);6-10,13,15H,4-5,11H2,1-3H3;2-5H2,1H3;3-4H,2H2,1H3;3H2,1-2H3;2H,1H3;2H,1H3;2*1-2H3. The van der Waals surface area contributed by atoms with Crippen molar-refractivity contribution in [1.29, 1.82) is 0 Å². The third-order valence-corrected chi connectivity index (χ3v) is 11.7. The molecule has 0 spiro atoms. The van der Waals surface area contributed by atoms with Gasteiger partial charge in [0.05, 0.1) is 58.6 Å². The number of carbonyl (C=O) groups is 4. The number of methoxy groups -OCH3 is 1. The fraction of sp³-hybridized carbons (Fsp3) is 0.418. The maximum Gasteiger partial charge on any atom is 0.292 e. The lowest BCUT2D eigenvalue weighted by molar-refractivity contribution is -0.133. The monoisotopic (exact) mass is 999 g/mol. The molecule has 8 rings (SSSR count). The van der Waals surface area contributed by atoms with Gasteiger partial charge in [-0.2, -0.15) is 0 Å². The van der Waals surface area contributed by atoms with Crippen LogP contribution in [0.25, 0.3) is 53.9 Å². The number of hydrogen-bond donors (Lipinski definition) is 4. The number of aldehydes is 2. The van der Waals surface area contributed by atoms with E-state index >= 15 is 0 Å². The van der Waals surface area contributed by atoms with Gasteiger partial charge in [-0.15, -0.1) is 22.7 Å². The number of ether oxygens (including phenoxy) is 1. The van der Waals surface area contributed by atoms with Gasteiger partial charge in [0.2, 0.25) is 5.91 Å². The van der Waals surface area contributed by atoms with E-state index in [0.29, 0.717) is 13.0 Å². The smallest absolute Gasteiger partial charge is 0.292 e. The molecule has 0 bridgehead atoms. The van der Waals surface area contributed by atoms with Crippen LogP contribution in [-0.2, 0) is 23.9 Å². The van der Waals surface area contributed by atoms with E-state index in [1.54, 1.807) is 19.7 Å². The second-order valence-corrected chi connectivity index (χ2v) is 16.5. The van der Waals surface area contributed by atoms with Crippen molar-refractivity contribution in [3.63, 3.8) is 0 Å². The number of imidazole rings is 2. The molecule has 70 heavy (non-hydrogen) atoms. The van der Waals surface area contributed by atoms with Crippen molar-refractivity contribution in [2.45, 2.75) is 94.0 Å². The van der Waals surface area contributed by atoms with Gasteiger partial charge < -0.3 is 44.7 Å². The van der Waals surface area contributed by atoms with Gasteiger partial charge >= 0.3 is 0 Å². The summed E-state index contributed by atoms with van der Waals surface area (Å²) in [5, 5.41) is 10.3. The number of nitrogens with one attached hydrogen (secondary N) is 4. The number of hydrogen-bond acceptors (Lipinski definition) is 12. The van der Waals surface area contributed by atoms with Crippen LogP contribution >= 0.6 is 22.7 Å². The summed E-state index contributed by atoms with van der Waals surface area (Å²) in [5.74, 6) is 0.156. The Morgan fingerprint density at radius 3 is 1.80 bits per heavy atom. The summed E-state index contributed by atoms with van der Waals surface area (Å²) in [6.45, 7) is 22.9. The minimum atomic E-state index is -0.234. The number of likely N-dealkylation sites (N-methyl/N-ethyl adjacent to an activating group) is 3. The number of fused-ring (bicyclic) bond motifs is 2. The highest BCUT2D eigenvalue weighted by atomic mass is 32.1. The van der Waals surface area contributed by atoms with Crippen LogP contribution in [-0.4, -0.2) is 116 Å². The van der Waals surface area contributed by atoms with E-state index in [9.17, 15) is 9.59 Å². The van der Waals surface area contributed by atoms with Crippen molar-refractivity contribution in [1.82, 2.24) is 40.4 Å². The van der Waals surface area contributed by atoms with Crippen molar-refractivity contribution >= 4 is 68.1 Å². The quantitative estimate of drug-likeness (QED) is 0.0866. The highest BCUT2D eigenvalue weighted by molar-refractivity contribution is 7.27. The van der Waals surface area contributed by atoms with Crippen molar-refractivity contribution in [2.24, 2.45) is 0 Å². The molecule has 1 atom stereocenters. The molecule has 15 heteroatoms. The van der Waals surface area contributed by atoms with Gasteiger partial charge in [0, 0.05) is 35.0 Å².